The standard InChI is InChI=1S/C11H18N4O4S/c1-12-6-8-4-2-3-5-15(8)20(18,19)9-7-13-11(17)14-10(9)16/h7-8,12H,2-6H2,1H3,(H2,13,14,16,17). The minimum Gasteiger partial charge on any atom is -0.318 e. The van der Waals surface area contributed by atoms with E-state index in [1.54, 1.807) is 7.05 Å². The van der Waals surface area contributed by atoms with Crippen LogP contribution in [0.3, 0.4) is 0 Å². The highest BCUT2D eigenvalue weighted by atomic mass is 32.2. The van der Waals surface area contributed by atoms with Gasteiger partial charge in [-0.1, -0.05) is 6.42 Å². The number of likely N-dealkylation sites (N-methyl/N-ethyl adjacent to an activating group) is 1. The smallest absolute Gasteiger partial charge is 0.318 e. The van der Waals surface area contributed by atoms with Crippen LogP contribution in [0.15, 0.2) is 20.7 Å². The van der Waals surface area contributed by atoms with Gasteiger partial charge in [0, 0.05) is 25.3 Å². The second-order valence-electron chi connectivity index (χ2n) is 4.76. The van der Waals surface area contributed by atoms with Crippen molar-refractivity contribution in [3.05, 3.63) is 27.0 Å². The normalized spacial score (nSPS) is 20.9. The first-order valence-electron chi connectivity index (χ1n) is 6.45. The van der Waals surface area contributed by atoms with E-state index in [1.165, 1.54) is 4.31 Å². The molecule has 1 aliphatic heterocycles. The second-order valence-corrected chi connectivity index (χ2v) is 6.62. The number of H-pyrrole nitrogens is 2. The van der Waals surface area contributed by atoms with E-state index in [2.05, 4.69) is 10.3 Å². The largest absolute Gasteiger partial charge is 0.325 e. The van der Waals surface area contributed by atoms with E-state index in [0.29, 0.717) is 13.1 Å². The summed E-state index contributed by atoms with van der Waals surface area (Å²) in [6.45, 7) is 0.910. The summed E-state index contributed by atoms with van der Waals surface area (Å²) in [6, 6.07) is -0.176. The molecule has 0 bridgehead atoms. The molecule has 1 atom stereocenters. The van der Waals surface area contributed by atoms with E-state index < -0.39 is 26.2 Å². The van der Waals surface area contributed by atoms with E-state index in [0.717, 1.165) is 25.5 Å². The highest BCUT2D eigenvalue weighted by Crippen LogP contribution is 2.22. The Morgan fingerprint density at radius 2 is 2.15 bits per heavy atom. The lowest BCUT2D eigenvalue weighted by molar-refractivity contribution is 0.248. The molecular formula is C11H18N4O4S. The SMILES string of the molecule is CNCC1CCCCN1S(=O)(=O)c1c[nH]c(=O)[nH]c1=O. The van der Waals surface area contributed by atoms with Crippen LogP contribution in [0.5, 0.6) is 0 Å². The molecule has 0 saturated carbocycles. The average Bonchev–Trinajstić information content (AvgIpc) is 2.39. The van der Waals surface area contributed by atoms with Crippen molar-refractivity contribution in [3.8, 4) is 0 Å². The van der Waals surface area contributed by atoms with Crippen molar-refractivity contribution >= 4 is 10.0 Å². The van der Waals surface area contributed by atoms with Gasteiger partial charge in [0.15, 0.2) is 4.90 Å². The Labute approximate surface area is 116 Å². The molecule has 1 aliphatic rings. The van der Waals surface area contributed by atoms with E-state index >= 15 is 0 Å². The number of aromatic amines is 2. The van der Waals surface area contributed by atoms with Crippen molar-refractivity contribution in [3.63, 3.8) is 0 Å². The molecule has 9 heteroatoms. The molecule has 1 unspecified atom stereocenters. The Morgan fingerprint density at radius 3 is 2.80 bits per heavy atom. The van der Waals surface area contributed by atoms with Gasteiger partial charge in [0.1, 0.15) is 0 Å². The number of piperidine rings is 1. The third-order valence-electron chi connectivity index (χ3n) is 3.38. The molecule has 1 aromatic heterocycles. The number of hydrogen-bond donors (Lipinski definition) is 3. The van der Waals surface area contributed by atoms with Gasteiger partial charge in [-0.25, -0.2) is 13.2 Å². The topological polar surface area (TPSA) is 115 Å². The molecule has 1 aromatic rings. The van der Waals surface area contributed by atoms with Crippen molar-refractivity contribution < 1.29 is 8.42 Å². The van der Waals surface area contributed by atoms with Crippen molar-refractivity contribution in [2.24, 2.45) is 0 Å². The van der Waals surface area contributed by atoms with Gasteiger partial charge >= 0.3 is 5.69 Å². The first-order valence-corrected chi connectivity index (χ1v) is 7.89. The fourth-order valence-electron chi connectivity index (χ4n) is 2.45. The van der Waals surface area contributed by atoms with Crippen molar-refractivity contribution in [2.45, 2.75) is 30.2 Å². The molecule has 1 saturated heterocycles. The van der Waals surface area contributed by atoms with Gasteiger partial charge in [0.2, 0.25) is 10.0 Å². The summed E-state index contributed by atoms with van der Waals surface area (Å²) in [5.41, 5.74) is -1.61. The van der Waals surface area contributed by atoms with Crippen LogP contribution in [0.25, 0.3) is 0 Å². The number of hydrogen-bond acceptors (Lipinski definition) is 5. The first-order chi connectivity index (χ1) is 9.46. The minimum atomic E-state index is -3.90. The van der Waals surface area contributed by atoms with Gasteiger partial charge in [-0.15, -0.1) is 0 Å². The van der Waals surface area contributed by atoms with Crippen LogP contribution < -0.4 is 16.6 Å². The highest BCUT2D eigenvalue weighted by Gasteiger charge is 2.34. The van der Waals surface area contributed by atoms with Crippen molar-refractivity contribution in [1.29, 1.82) is 0 Å². The van der Waals surface area contributed by atoms with E-state index in [9.17, 15) is 18.0 Å². The lowest BCUT2D eigenvalue weighted by atomic mass is 10.1. The minimum absolute atomic E-state index is 0.176. The van der Waals surface area contributed by atoms with Gasteiger partial charge in [-0.3, -0.25) is 9.78 Å². The average molecular weight is 302 g/mol. The summed E-state index contributed by atoms with van der Waals surface area (Å²) < 4.78 is 26.5. The maximum atomic E-state index is 12.6. The van der Waals surface area contributed by atoms with Crippen LogP contribution in [0.2, 0.25) is 0 Å². The Morgan fingerprint density at radius 1 is 1.40 bits per heavy atom. The monoisotopic (exact) mass is 302 g/mol. The Hall–Kier alpha value is -1.45. The molecule has 0 amide bonds. The fraction of sp³-hybridized carbons (Fsp3) is 0.636. The zero-order chi connectivity index (χ0) is 14.8. The van der Waals surface area contributed by atoms with Gasteiger partial charge in [-0.05, 0) is 19.9 Å². The Balaban J connectivity index is 2.42. The van der Waals surface area contributed by atoms with Crippen LogP contribution in [0, 0.1) is 0 Å². The summed E-state index contributed by atoms with van der Waals surface area (Å²) >= 11 is 0. The van der Waals surface area contributed by atoms with E-state index in [4.69, 9.17) is 0 Å². The Kier molecular flexibility index (Phi) is 4.41. The molecule has 0 spiro atoms. The molecule has 2 heterocycles. The van der Waals surface area contributed by atoms with Crippen LogP contribution in [0.4, 0.5) is 0 Å². The number of nitrogens with zero attached hydrogens (tertiary/aromatic N) is 1. The molecule has 0 radical (unpaired) electrons. The molecule has 112 valence electrons. The number of sulfonamides is 1. The zero-order valence-corrected chi connectivity index (χ0v) is 12.0. The number of aromatic nitrogens is 2. The van der Waals surface area contributed by atoms with Crippen LogP contribution in [0.1, 0.15) is 19.3 Å². The first kappa shape index (κ1) is 14.9. The van der Waals surface area contributed by atoms with Crippen LogP contribution >= 0.6 is 0 Å². The summed E-state index contributed by atoms with van der Waals surface area (Å²) in [5.74, 6) is 0. The summed E-state index contributed by atoms with van der Waals surface area (Å²) in [6.07, 6.45) is 3.43. The van der Waals surface area contributed by atoms with Crippen LogP contribution in [-0.4, -0.2) is 48.9 Å². The molecule has 2 rings (SSSR count). The fourth-order valence-corrected chi connectivity index (χ4v) is 4.13. The third kappa shape index (κ3) is 2.84. The lowest BCUT2D eigenvalue weighted by Crippen LogP contribution is -2.49. The lowest BCUT2D eigenvalue weighted by Gasteiger charge is -2.34. The summed E-state index contributed by atoms with van der Waals surface area (Å²) in [4.78, 5) is 26.4. The number of nitrogens with one attached hydrogen (secondary N) is 3. The second kappa shape index (κ2) is 5.90. The number of rotatable bonds is 4. The predicted molar refractivity (Wildman–Crippen MR) is 73.1 cm³/mol. The summed E-state index contributed by atoms with van der Waals surface area (Å²) in [5, 5.41) is 2.96. The highest BCUT2D eigenvalue weighted by molar-refractivity contribution is 7.89. The van der Waals surface area contributed by atoms with Gasteiger partial charge < -0.3 is 10.3 Å². The molecular weight excluding hydrogens is 284 g/mol. The quantitative estimate of drug-likeness (QED) is 0.648. The van der Waals surface area contributed by atoms with Gasteiger partial charge in [0.25, 0.3) is 5.56 Å². The predicted octanol–water partition coefficient (Wildman–Crippen LogP) is -1.17. The van der Waals surface area contributed by atoms with Crippen LogP contribution in [-0.2, 0) is 10.0 Å². The molecule has 0 aliphatic carbocycles. The van der Waals surface area contributed by atoms with Gasteiger partial charge in [0.05, 0.1) is 0 Å². The summed E-state index contributed by atoms with van der Waals surface area (Å²) in [7, 11) is -2.15. The van der Waals surface area contributed by atoms with E-state index in [1.807, 2.05) is 4.98 Å². The third-order valence-corrected chi connectivity index (χ3v) is 5.34. The van der Waals surface area contributed by atoms with Crippen molar-refractivity contribution in [2.75, 3.05) is 20.1 Å². The van der Waals surface area contributed by atoms with Gasteiger partial charge in [-0.2, -0.15) is 4.31 Å². The molecule has 20 heavy (non-hydrogen) atoms. The maximum absolute atomic E-state index is 12.6. The van der Waals surface area contributed by atoms with Crippen molar-refractivity contribution in [1.82, 2.24) is 19.6 Å². The molecule has 3 N–H and O–H groups in total. The van der Waals surface area contributed by atoms with E-state index in [-0.39, 0.29) is 6.04 Å². The molecule has 0 aromatic carbocycles. The molecule has 1 fully saturated rings. The molecule has 8 nitrogen and oxygen atoms in total. The zero-order valence-electron chi connectivity index (χ0n) is 11.2. The maximum Gasteiger partial charge on any atom is 0.325 e. The Bertz CT molecular complexity index is 676.